The van der Waals surface area contributed by atoms with Crippen LogP contribution in [-0.2, 0) is 0 Å². The van der Waals surface area contributed by atoms with Crippen molar-refractivity contribution in [1.82, 2.24) is 0 Å². The fourth-order valence-electron chi connectivity index (χ4n) is 0.854. The van der Waals surface area contributed by atoms with Gasteiger partial charge in [0.2, 0.25) is 0 Å². The highest BCUT2D eigenvalue weighted by molar-refractivity contribution is 5.33. The molecule has 0 atom stereocenters. The molecule has 0 saturated heterocycles. The Balaban J connectivity index is 2.78. The molecule has 0 radical (unpaired) electrons. The average molecular weight is 216 g/mol. The smallest absolute Gasteiger partial charge is 0.457 e. The lowest BCUT2D eigenvalue weighted by molar-refractivity contribution is -0.274. The molecule has 0 amide bonds. The van der Waals surface area contributed by atoms with Crippen LogP contribution in [0.3, 0.4) is 0 Å². The predicted octanol–water partition coefficient (Wildman–Crippen LogP) is 3.26. The summed E-state index contributed by atoms with van der Waals surface area (Å²) in [5.74, 6) is -0.120. The molecule has 1 aromatic carbocycles. The third kappa shape index (κ3) is 4.24. The molecule has 0 aliphatic carbocycles. The van der Waals surface area contributed by atoms with Crippen molar-refractivity contribution in [1.29, 1.82) is 0 Å². The Labute approximate surface area is 84.2 Å². The van der Waals surface area contributed by atoms with Gasteiger partial charge in [-0.05, 0) is 12.1 Å². The van der Waals surface area contributed by atoms with E-state index in [9.17, 15) is 13.2 Å². The van der Waals surface area contributed by atoms with E-state index in [0.29, 0.717) is 0 Å². The van der Waals surface area contributed by atoms with Crippen molar-refractivity contribution in [2.45, 2.75) is 6.36 Å². The summed E-state index contributed by atoms with van der Waals surface area (Å²) < 4.78 is 44.1. The summed E-state index contributed by atoms with van der Waals surface area (Å²) in [5, 5.41) is 0. The van der Waals surface area contributed by atoms with Crippen molar-refractivity contribution in [2.75, 3.05) is 0 Å². The monoisotopic (exact) mass is 216 g/mol. The molecule has 0 aliphatic heterocycles. The van der Waals surface area contributed by atoms with Gasteiger partial charge in [0.15, 0.2) is 0 Å². The first-order valence-electron chi connectivity index (χ1n) is 3.88. The van der Waals surface area contributed by atoms with Crippen molar-refractivity contribution < 1.29 is 22.6 Å². The van der Waals surface area contributed by atoms with Crippen LogP contribution < -0.4 is 9.47 Å². The largest absolute Gasteiger partial charge is 0.573 e. The molecule has 80 valence electrons. The first kappa shape index (κ1) is 11.2. The highest BCUT2D eigenvalue weighted by Crippen LogP contribution is 2.25. The second kappa shape index (κ2) is 4.57. The Morgan fingerprint density at radius 2 is 1.93 bits per heavy atom. The minimum Gasteiger partial charge on any atom is -0.457 e. The summed E-state index contributed by atoms with van der Waals surface area (Å²) in [6.45, 7) is 3.24. The van der Waals surface area contributed by atoms with E-state index in [1.54, 1.807) is 0 Å². The molecule has 0 spiro atoms. The molecule has 0 N–H and O–H groups in total. The maximum absolute atomic E-state index is 11.8. The van der Waals surface area contributed by atoms with E-state index in [1.807, 2.05) is 0 Å². The van der Waals surface area contributed by atoms with Crippen molar-refractivity contribution in [3.05, 3.63) is 42.8 Å². The zero-order valence-corrected chi connectivity index (χ0v) is 7.54. The zero-order chi connectivity index (χ0) is 11.3. The summed E-state index contributed by atoms with van der Waals surface area (Å²) in [5.41, 5.74) is 2.32. The summed E-state index contributed by atoms with van der Waals surface area (Å²) in [4.78, 5) is 0. The number of hydrogen-bond donors (Lipinski definition) is 0. The molecule has 0 aromatic heterocycles. The van der Waals surface area contributed by atoms with E-state index in [-0.39, 0.29) is 11.5 Å². The van der Waals surface area contributed by atoms with Crippen LogP contribution in [0.5, 0.6) is 11.5 Å². The van der Waals surface area contributed by atoms with Crippen LogP contribution in [0.2, 0.25) is 0 Å². The van der Waals surface area contributed by atoms with E-state index >= 15 is 0 Å². The SMILES string of the molecule is C=C=COc1cccc(OC(F)(F)F)c1. The first-order chi connectivity index (χ1) is 7.01. The van der Waals surface area contributed by atoms with Crippen molar-refractivity contribution in [2.24, 2.45) is 0 Å². The van der Waals surface area contributed by atoms with Crippen LogP contribution in [0, 0.1) is 0 Å². The molecule has 0 heterocycles. The molecule has 1 aromatic rings. The molecule has 0 unspecified atom stereocenters. The van der Waals surface area contributed by atoms with Gasteiger partial charge in [-0.3, -0.25) is 0 Å². The van der Waals surface area contributed by atoms with Gasteiger partial charge in [0, 0.05) is 6.07 Å². The van der Waals surface area contributed by atoms with Gasteiger partial charge in [0.05, 0.1) is 0 Å². The van der Waals surface area contributed by atoms with Crippen LogP contribution in [0.1, 0.15) is 0 Å². The minimum atomic E-state index is -4.70. The molecule has 0 aliphatic rings. The fourth-order valence-corrected chi connectivity index (χ4v) is 0.854. The van der Waals surface area contributed by atoms with Crippen LogP contribution >= 0.6 is 0 Å². The Hall–Kier alpha value is -1.87. The van der Waals surface area contributed by atoms with E-state index in [1.165, 1.54) is 18.2 Å². The topological polar surface area (TPSA) is 18.5 Å². The highest BCUT2D eigenvalue weighted by atomic mass is 19.4. The molecular formula is C10H7F3O2. The number of hydrogen-bond acceptors (Lipinski definition) is 2. The van der Waals surface area contributed by atoms with Gasteiger partial charge in [-0.1, -0.05) is 18.4 Å². The fraction of sp³-hybridized carbons (Fsp3) is 0.100. The summed E-state index contributed by atoms with van der Waals surface area (Å²) in [7, 11) is 0. The van der Waals surface area contributed by atoms with Gasteiger partial charge in [-0.15, -0.1) is 13.2 Å². The van der Waals surface area contributed by atoms with E-state index < -0.39 is 6.36 Å². The number of rotatable bonds is 3. The molecule has 1 rings (SSSR count). The predicted molar refractivity (Wildman–Crippen MR) is 47.5 cm³/mol. The van der Waals surface area contributed by atoms with Crippen LogP contribution in [0.15, 0.2) is 42.8 Å². The molecule has 2 nitrogen and oxygen atoms in total. The van der Waals surface area contributed by atoms with E-state index in [0.717, 1.165) is 12.3 Å². The lowest BCUT2D eigenvalue weighted by Crippen LogP contribution is -2.16. The standard InChI is InChI=1S/C10H7F3O2/c1-2-6-14-8-4-3-5-9(7-8)15-10(11,12)13/h3-7H,1H2. The number of alkyl halides is 3. The van der Waals surface area contributed by atoms with Crippen LogP contribution in [0.4, 0.5) is 13.2 Å². The summed E-state index contributed by atoms with van der Waals surface area (Å²) in [6.07, 6.45) is -3.57. The van der Waals surface area contributed by atoms with E-state index in [2.05, 4.69) is 17.0 Å². The van der Waals surface area contributed by atoms with Crippen molar-refractivity contribution in [3.63, 3.8) is 0 Å². The van der Waals surface area contributed by atoms with Gasteiger partial charge in [0.1, 0.15) is 17.8 Å². The van der Waals surface area contributed by atoms with Crippen LogP contribution in [-0.4, -0.2) is 6.36 Å². The minimum absolute atomic E-state index is 0.216. The molecular weight excluding hydrogens is 209 g/mol. The third-order valence-corrected chi connectivity index (χ3v) is 1.32. The Bertz CT molecular complexity index is 378. The highest BCUT2D eigenvalue weighted by Gasteiger charge is 2.31. The molecule has 0 bridgehead atoms. The number of halogens is 3. The lowest BCUT2D eigenvalue weighted by Gasteiger charge is -2.09. The Morgan fingerprint density at radius 3 is 2.53 bits per heavy atom. The Morgan fingerprint density at radius 1 is 1.27 bits per heavy atom. The third-order valence-electron chi connectivity index (χ3n) is 1.32. The zero-order valence-electron chi connectivity index (χ0n) is 7.54. The van der Waals surface area contributed by atoms with Gasteiger partial charge < -0.3 is 9.47 Å². The molecule has 5 heteroatoms. The van der Waals surface area contributed by atoms with Gasteiger partial charge in [-0.25, -0.2) is 0 Å². The second-order valence-corrected chi connectivity index (χ2v) is 2.46. The maximum Gasteiger partial charge on any atom is 0.573 e. The normalized spacial score (nSPS) is 10.3. The maximum atomic E-state index is 11.8. The second-order valence-electron chi connectivity index (χ2n) is 2.46. The van der Waals surface area contributed by atoms with Crippen molar-refractivity contribution in [3.8, 4) is 11.5 Å². The molecule has 0 fully saturated rings. The van der Waals surface area contributed by atoms with Gasteiger partial charge in [0.25, 0.3) is 0 Å². The van der Waals surface area contributed by atoms with Gasteiger partial charge in [-0.2, -0.15) is 0 Å². The summed E-state index contributed by atoms with van der Waals surface area (Å²) in [6, 6.07) is 5.16. The van der Waals surface area contributed by atoms with E-state index in [4.69, 9.17) is 4.74 Å². The quantitative estimate of drug-likeness (QED) is 0.570. The first-order valence-corrected chi connectivity index (χ1v) is 3.88. The Kier molecular flexibility index (Phi) is 3.42. The molecule has 15 heavy (non-hydrogen) atoms. The molecule has 0 saturated carbocycles. The van der Waals surface area contributed by atoms with Crippen LogP contribution in [0.25, 0.3) is 0 Å². The van der Waals surface area contributed by atoms with Gasteiger partial charge >= 0.3 is 6.36 Å². The lowest BCUT2D eigenvalue weighted by atomic mass is 10.3. The van der Waals surface area contributed by atoms with Crippen molar-refractivity contribution >= 4 is 0 Å². The number of benzene rings is 1. The number of ether oxygens (including phenoxy) is 2. The summed E-state index contributed by atoms with van der Waals surface area (Å²) >= 11 is 0. The average Bonchev–Trinajstić information content (AvgIpc) is 2.12.